The number of hydrogen-bond acceptors (Lipinski definition) is 6. The van der Waals surface area contributed by atoms with Gasteiger partial charge in [0.2, 0.25) is 0 Å². The average Bonchev–Trinajstić information content (AvgIpc) is 3.46. The molecular formula is C30H25ClFNO5S. The van der Waals surface area contributed by atoms with Crippen LogP contribution in [0.1, 0.15) is 32.4 Å². The highest BCUT2D eigenvalue weighted by atomic mass is 35.5. The molecule has 0 bridgehead atoms. The van der Waals surface area contributed by atoms with Crippen molar-refractivity contribution < 1.29 is 28.1 Å². The third-order valence-corrected chi connectivity index (χ3v) is 8.50. The summed E-state index contributed by atoms with van der Waals surface area (Å²) in [5.41, 5.74) is 2.88. The van der Waals surface area contributed by atoms with Crippen molar-refractivity contribution in [3.63, 3.8) is 0 Å². The first kappa shape index (κ1) is 25.5. The minimum atomic E-state index is -0.741. The third-order valence-electron chi connectivity index (χ3n) is 7.05. The van der Waals surface area contributed by atoms with E-state index in [2.05, 4.69) is 0 Å². The molecule has 1 atom stereocenters. The number of fused-ring (bicyclic) bond motifs is 2. The number of amides is 1. The van der Waals surface area contributed by atoms with E-state index in [1.165, 1.54) is 17.4 Å². The van der Waals surface area contributed by atoms with Crippen molar-refractivity contribution >= 4 is 28.8 Å². The van der Waals surface area contributed by atoms with Gasteiger partial charge in [-0.05, 0) is 77.7 Å². The zero-order valence-corrected chi connectivity index (χ0v) is 22.9. The quantitative estimate of drug-likeness (QED) is 0.267. The molecular weight excluding hydrogens is 541 g/mol. The van der Waals surface area contributed by atoms with Crippen molar-refractivity contribution in [3.05, 3.63) is 93.1 Å². The number of hydrogen-bond donors (Lipinski definition) is 0. The van der Waals surface area contributed by atoms with Crippen molar-refractivity contribution in [2.45, 2.75) is 12.5 Å². The first-order chi connectivity index (χ1) is 19.0. The van der Waals surface area contributed by atoms with Crippen molar-refractivity contribution in [1.82, 2.24) is 4.90 Å². The average molecular weight is 566 g/mol. The molecule has 39 heavy (non-hydrogen) atoms. The Morgan fingerprint density at radius 1 is 1.00 bits per heavy atom. The normalized spacial score (nSPS) is 16.0. The number of carbonyl (C=O) groups is 1. The number of methoxy groups -OCH3 is 2. The summed E-state index contributed by atoms with van der Waals surface area (Å²) in [6, 6.07) is 17.0. The van der Waals surface area contributed by atoms with Crippen LogP contribution in [0.15, 0.2) is 60.7 Å². The monoisotopic (exact) mass is 565 g/mol. The van der Waals surface area contributed by atoms with Gasteiger partial charge in [0.1, 0.15) is 19.0 Å². The van der Waals surface area contributed by atoms with Gasteiger partial charge in [0.05, 0.1) is 25.1 Å². The van der Waals surface area contributed by atoms with Crippen molar-refractivity contribution in [1.29, 1.82) is 0 Å². The highest BCUT2D eigenvalue weighted by Crippen LogP contribution is 2.45. The molecule has 9 heteroatoms. The van der Waals surface area contributed by atoms with E-state index in [9.17, 15) is 4.79 Å². The van der Waals surface area contributed by atoms with Gasteiger partial charge in [-0.3, -0.25) is 4.79 Å². The summed E-state index contributed by atoms with van der Waals surface area (Å²) in [7, 11) is 3.12. The number of rotatable bonds is 5. The molecule has 1 aromatic heterocycles. The fraction of sp³-hybridized carbons (Fsp3) is 0.233. The van der Waals surface area contributed by atoms with Crippen LogP contribution >= 0.6 is 22.9 Å². The van der Waals surface area contributed by atoms with Gasteiger partial charge in [-0.2, -0.15) is 0 Å². The van der Waals surface area contributed by atoms with Gasteiger partial charge in [0.15, 0.2) is 23.0 Å². The van der Waals surface area contributed by atoms with Gasteiger partial charge in [-0.25, -0.2) is 4.39 Å². The van der Waals surface area contributed by atoms with Gasteiger partial charge in [-0.1, -0.05) is 17.7 Å². The molecule has 3 heterocycles. The fourth-order valence-corrected chi connectivity index (χ4v) is 6.42. The molecule has 2 aliphatic rings. The maximum absolute atomic E-state index is 15.4. The second-order valence-electron chi connectivity index (χ2n) is 9.21. The summed E-state index contributed by atoms with van der Waals surface area (Å²) in [5.74, 6) is 1.80. The highest BCUT2D eigenvalue weighted by molar-refractivity contribution is 7.17. The molecule has 0 fully saturated rings. The molecule has 4 aromatic rings. The van der Waals surface area contributed by atoms with E-state index in [0.717, 1.165) is 21.6 Å². The minimum absolute atomic E-state index is 0.200. The van der Waals surface area contributed by atoms with Crippen molar-refractivity contribution in [2.75, 3.05) is 34.0 Å². The van der Waals surface area contributed by atoms with Crippen LogP contribution in [0.4, 0.5) is 4.39 Å². The lowest BCUT2D eigenvalue weighted by atomic mass is 9.87. The molecule has 0 radical (unpaired) electrons. The molecule has 0 N–H and O–H groups in total. The van der Waals surface area contributed by atoms with Crippen molar-refractivity contribution in [3.8, 4) is 33.4 Å². The molecule has 0 aliphatic carbocycles. The van der Waals surface area contributed by atoms with Gasteiger partial charge in [0.25, 0.3) is 5.91 Å². The maximum atomic E-state index is 15.4. The van der Waals surface area contributed by atoms with E-state index < -0.39 is 11.9 Å². The van der Waals surface area contributed by atoms with Gasteiger partial charge in [-0.15, -0.1) is 11.3 Å². The SMILES string of the molecule is COc1cc2c(cc1OC)[C@H](c1c(F)cccc1Cl)N(C(=O)c1ccc(-c3ccc4c(c3)OCCO4)s1)CC2. The first-order valence-corrected chi connectivity index (χ1v) is 13.7. The Balaban J connectivity index is 1.40. The summed E-state index contributed by atoms with van der Waals surface area (Å²) in [6.45, 7) is 1.40. The Hall–Kier alpha value is -3.75. The smallest absolute Gasteiger partial charge is 0.264 e. The van der Waals surface area contributed by atoms with Crippen LogP contribution in [0, 0.1) is 5.82 Å². The molecule has 0 unspecified atom stereocenters. The Kier molecular flexibility index (Phi) is 6.83. The van der Waals surface area contributed by atoms with Crippen LogP contribution in [-0.2, 0) is 6.42 Å². The standard InChI is InChI=1S/C30H25ClFNO5S/c1-35-23-14-17-10-11-33(29(19(17)16-24(23)36-2)28-20(31)4-3-5-21(28)32)30(34)27-9-8-26(39-27)18-6-7-22-25(15-18)38-13-12-37-22/h3-9,14-16,29H,10-13H2,1-2H3/t29-/m1/s1. The molecule has 0 saturated heterocycles. The highest BCUT2D eigenvalue weighted by Gasteiger charge is 2.37. The predicted octanol–water partition coefficient (Wildman–Crippen LogP) is 6.78. The fourth-order valence-electron chi connectivity index (χ4n) is 5.19. The number of nitrogens with zero attached hydrogens (tertiary/aromatic N) is 1. The first-order valence-electron chi connectivity index (χ1n) is 12.5. The van der Waals surface area contributed by atoms with E-state index >= 15 is 4.39 Å². The molecule has 0 saturated carbocycles. The number of ether oxygens (including phenoxy) is 4. The van der Waals surface area contributed by atoms with Gasteiger partial charge >= 0.3 is 0 Å². The van der Waals surface area contributed by atoms with Crippen LogP contribution in [0.3, 0.4) is 0 Å². The van der Waals surface area contributed by atoms with Crippen molar-refractivity contribution in [2.24, 2.45) is 0 Å². The van der Waals surface area contributed by atoms with Gasteiger partial charge < -0.3 is 23.8 Å². The Morgan fingerprint density at radius 3 is 2.54 bits per heavy atom. The summed E-state index contributed by atoms with van der Waals surface area (Å²) < 4.78 is 37.8. The lowest BCUT2D eigenvalue weighted by Gasteiger charge is -2.38. The molecule has 2 aliphatic heterocycles. The minimum Gasteiger partial charge on any atom is -0.493 e. The maximum Gasteiger partial charge on any atom is 0.264 e. The summed E-state index contributed by atoms with van der Waals surface area (Å²) in [5, 5.41) is 0.253. The van der Waals surface area contributed by atoms with Crippen LogP contribution in [0.25, 0.3) is 10.4 Å². The lowest BCUT2D eigenvalue weighted by Crippen LogP contribution is -2.40. The zero-order chi connectivity index (χ0) is 27.1. The second kappa shape index (κ2) is 10.4. The number of halogens is 2. The Bertz CT molecular complexity index is 1550. The van der Waals surface area contributed by atoms with Crippen LogP contribution in [0.5, 0.6) is 23.0 Å². The lowest BCUT2D eigenvalue weighted by molar-refractivity contribution is 0.0697. The van der Waals surface area contributed by atoms with E-state index in [1.807, 2.05) is 42.5 Å². The van der Waals surface area contributed by atoms with E-state index in [1.54, 1.807) is 31.3 Å². The summed E-state index contributed by atoms with van der Waals surface area (Å²) in [4.78, 5) is 17.2. The molecule has 6 nitrogen and oxygen atoms in total. The summed E-state index contributed by atoms with van der Waals surface area (Å²) >= 11 is 7.95. The Morgan fingerprint density at radius 2 is 1.77 bits per heavy atom. The summed E-state index contributed by atoms with van der Waals surface area (Å²) in [6.07, 6.45) is 0.574. The molecule has 6 rings (SSSR count). The molecule has 0 spiro atoms. The number of carbonyl (C=O) groups excluding carboxylic acids is 1. The number of thiophene rings is 1. The topological polar surface area (TPSA) is 57.2 Å². The Labute approximate surface area is 234 Å². The third kappa shape index (κ3) is 4.57. The largest absolute Gasteiger partial charge is 0.493 e. The van der Waals surface area contributed by atoms with Crippen LogP contribution < -0.4 is 18.9 Å². The predicted molar refractivity (Wildman–Crippen MR) is 148 cm³/mol. The van der Waals surface area contributed by atoms with E-state index in [0.29, 0.717) is 54.1 Å². The molecule has 200 valence electrons. The van der Waals surface area contributed by atoms with E-state index in [4.69, 9.17) is 30.5 Å². The second-order valence-corrected chi connectivity index (χ2v) is 10.7. The van der Waals surface area contributed by atoms with Gasteiger partial charge in [0, 0.05) is 22.0 Å². The van der Waals surface area contributed by atoms with E-state index in [-0.39, 0.29) is 16.5 Å². The zero-order valence-electron chi connectivity index (χ0n) is 21.3. The molecule has 3 aromatic carbocycles. The number of benzene rings is 3. The van der Waals surface area contributed by atoms with Crippen LogP contribution in [-0.4, -0.2) is 44.8 Å². The molecule has 1 amide bonds. The van der Waals surface area contributed by atoms with Crippen LogP contribution in [0.2, 0.25) is 5.02 Å².